The number of nitrogens with one attached hydrogen (secondary N) is 1. The van der Waals surface area contributed by atoms with E-state index < -0.39 is 14.7 Å². The van der Waals surface area contributed by atoms with Gasteiger partial charge in [0, 0.05) is 28.7 Å². The van der Waals surface area contributed by atoms with E-state index >= 15 is 0 Å². The van der Waals surface area contributed by atoms with Gasteiger partial charge in [-0.2, -0.15) is 0 Å². The van der Waals surface area contributed by atoms with Crippen molar-refractivity contribution in [3.05, 3.63) is 17.0 Å². The standard InChI is InChI=1S/C12H18ClNO4S2/c1-4-18-12(2,3)8-14-10(15)7-9-5-6-11(19-9)20(13,16)17/h5-6H,4,7-8H2,1-3H3,(H,14,15). The Morgan fingerprint density at radius 2 is 2.10 bits per heavy atom. The summed E-state index contributed by atoms with van der Waals surface area (Å²) in [4.78, 5) is 12.4. The third-order valence-electron chi connectivity index (χ3n) is 2.46. The molecular formula is C12H18ClNO4S2. The van der Waals surface area contributed by atoms with Crippen LogP contribution in [-0.2, 0) is 25.0 Å². The zero-order valence-electron chi connectivity index (χ0n) is 11.6. The first kappa shape index (κ1) is 17.4. The molecule has 20 heavy (non-hydrogen) atoms. The van der Waals surface area contributed by atoms with Gasteiger partial charge in [-0.3, -0.25) is 4.79 Å². The lowest BCUT2D eigenvalue weighted by molar-refractivity contribution is -0.122. The largest absolute Gasteiger partial charge is 0.374 e. The number of carbonyl (C=O) groups excluding carboxylic acids is 1. The minimum atomic E-state index is -3.72. The summed E-state index contributed by atoms with van der Waals surface area (Å²) in [6, 6.07) is 2.99. The van der Waals surface area contributed by atoms with Gasteiger partial charge in [-0.15, -0.1) is 11.3 Å². The number of halogens is 1. The number of amides is 1. The first-order valence-electron chi connectivity index (χ1n) is 6.08. The highest BCUT2D eigenvalue weighted by atomic mass is 35.7. The first-order chi connectivity index (χ1) is 9.14. The third kappa shape index (κ3) is 5.78. The highest BCUT2D eigenvalue weighted by Crippen LogP contribution is 2.25. The lowest BCUT2D eigenvalue weighted by Crippen LogP contribution is -2.40. The van der Waals surface area contributed by atoms with Crippen molar-refractivity contribution in [3.63, 3.8) is 0 Å². The zero-order valence-corrected chi connectivity index (χ0v) is 14.0. The van der Waals surface area contributed by atoms with Crippen LogP contribution in [0.3, 0.4) is 0 Å². The van der Waals surface area contributed by atoms with Gasteiger partial charge in [-0.05, 0) is 32.9 Å². The molecule has 0 aromatic carbocycles. The Morgan fingerprint density at radius 1 is 1.45 bits per heavy atom. The van der Waals surface area contributed by atoms with Crippen LogP contribution < -0.4 is 5.32 Å². The summed E-state index contributed by atoms with van der Waals surface area (Å²) in [7, 11) is 1.51. The first-order valence-corrected chi connectivity index (χ1v) is 9.20. The van der Waals surface area contributed by atoms with Gasteiger partial charge in [-0.1, -0.05) is 0 Å². The molecule has 1 aromatic rings. The minimum absolute atomic E-state index is 0.0524. The van der Waals surface area contributed by atoms with Crippen molar-refractivity contribution in [2.24, 2.45) is 0 Å². The van der Waals surface area contributed by atoms with E-state index in [2.05, 4.69) is 5.32 Å². The Balaban J connectivity index is 2.53. The third-order valence-corrected chi connectivity index (χ3v) is 5.64. The van der Waals surface area contributed by atoms with E-state index in [1.165, 1.54) is 6.07 Å². The molecule has 0 unspecified atom stereocenters. The fourth-order valence-corrected chi connectivity index (χ4v) is 3.68. The van der Waals surface area contributed by atoms with Gasteiger partial charge in [0.15, 0.2) is 0 Å². The summed E-state index contributed by atoms with van der Waals surface area (Å²) >= 11 is 1.000. The normalized spacial score (nSPS) is 12.4. The summed E-state index contributed by atoms with van der Waals surface area (Å²) in [5, 5.41) is 2.76. The molecule has 114 valence electrons. The lowest BCUT2D eigenvalue weighted by atomic mass is 10.1. The van der Waals surface area contributed by atoms with E-state index in [-0.39, 0.29) is 16.5 Å². The van der Waals surface area contributed by atoms with Crippen LogP contribution in [0.25, 0.3) is 0 Å². The lowest BCUT2D eigenvalue weighted by Gasteiger charge is -2.24. The highest BCUT2D eigenvalue weighted by molar-refractivity contribution is 8.15. The number of hydrogen-bond acceptors (Lipinski definition) is 5. The van der Waals surface area contributed by atoms with Crippen LogP contribution in [0, 0.1) is 0 Å². The smallest absolute Gasteiger partial charge is 0.270 e. The molecule has 1 N–H and O–H groups in total. The Bertz CT molecular complexity index is 566. The average Bonchev–Trinajstić information content (AvgIpc) is 2.75. The zero-order chi connectivity index (χ0) is 15.4. The molecule has 0 saturated heterocycles. The van der Waals surface area contributed by atoms with Crippen molar-refractivity contribution in [3.8, 4) is 0 Å². The van der Waals surface area contributed by atoms with Crippen LogP contribution in [0.2, 0.25) is 0 Å². The van der Waals surface area contributed by atoms with Crippen LogP contribution in [0.5, 0.6) is 0 Å². The van der Waals surface area contributed by atoms with E-state index in [4.69, 9.17) is 15.4 Å². The fourth-order valence-electron chi connectivity index (χ4n) is 1.56. The molecule has 1 rings (SSSR count). The van der Waals surface area contributed by atoms with Crippen molar-refractivity contribution in [1.82, 2.24) is 5.32 Å². The number of rotatable bonds is 7. The maximum absolute atomic E-state index is 11.8. The average molecular weight is 340 g/mol. The van der Waals surface area contributed by atoms with Gasteiger partial charge in [0.05, 0.1) is 12.0 Å². The predicted molar refractivity (Wildman–Crippen MR) is 79.8 cm³/mol. The molecular weight excluding hydrogens is 322 g/mol. The van der Waals surface area contributed by atoms with Gasteiger partial charge >= 0.3 is 0 Å². The van der Waals surface area contributed by atoms with Crippen LogP contribution in [-0.4, -0.2) is 33.1 Å². The topological polar surface area (TPSA) is 72.5 Å². The molecule has 8 heteroatoms. The van der Waals surface area contributed by atoms with Gasteiger partial charge < -0.3 is 10.1 Å². The van der Waals surface area contributed by atoms with Crippen molar-refractivity contribution in [1.29, 1.82) is 0 Å². The molecule has 0 radical (unpaired) electrons. The maximum Gasteiger partial charge on any atom is 0.270 e. The van der Waals surface area contributed by atoms with Gasteiger partial charge in [0.1, 0.15) is 4.21 Å². The van der Waals surface area contributed by atoms with E-state index in [1.807, 2.05) is 20.8 Å². The van der Waals surface area contributed by atoms with Gasteiger partial charge in [-0.25, -0.2) is 8.42 Å². The number of ether oxygens (including phenoxy) is 1. The Morgan fingerprint density at radius 3 is 2.60 bits per heavy atom. The molecule has 1 aromatic heterocycles. The van der Waals surface area contributed by atoms with Crippen LogP contribution in [0.1, 0.15) is 25.6 Å². The summed E-state index contributed by atoms with van der Waals surface area (Å²) in [6.45, 7) is 6.64. The van der Waals surface area contributed by atoms with E-state index in [9.17, 15) is 13.2 Å². The van der Waals surface area contributed by atoms with E-state index in [0.717, 1.165) is 11.3 Å². The second kappa shape index (κ2) is 6.89. The second-order valence-electron chi connectivity index (χ2n) is 4.80. The van der Waals surface area contributed by atoms with Crippen LogP contribution in [0.15, 0.2) is 16.3 Å². The van der Waals surface area contributed by atoms with Crippen molar-refractivity contribution in [2.45, 2.75) is 37.0 Å². The molecule has 0 fully saturated rings. The molecule has 1 amide bonds. The molecule has 0 atom stereocenters. The number of hydrogen-bond donors (Lipinski definition) is 1. The molecule has 5 nitrogen and oxygen atoms in total. The second-order valence-corrected chi connectivity index (χ2v) is 8.77. The molecule has 0 bridgehead atoms. The van der Waals surface area contributed by atoms with Crippen molar-refractivity contribution < 1.29 is 17.9 Å². The molecule has 1 heterocycles. The summed E-state index contributed by atoms with van der Waals surface area (Å²) in [5.41, 5.74) is -0.426. The van der Waals surface area contributed by atoms with Crippen molar-refractivity contribution >= 4 is 37.0 Å². The van der Waals surface area contributed by atoms with Gasteiger partial charge in [0.25, 0.3) is 9.05 Å². The molecule has 0 aliphatic rings. The minimum Gasteiger partial charge on any atom is -0.374 e. The van der Waals surface area contributed by atoms with Crippen molar-refractivity contribution in [2.75, 3.05) is 13.2 Å². The monoisotopic (exact) mass is 339 g/mol. The highest BCUT2D eigenvalue weighted by Gasteiger charge is 2.19. The quantitative estimate of drug-likeness (QED) is 0.772. The molecule has 0 saturated carbocycles. The summed E-state index contributed by atoms with van der Waals surface area (Å²) in [5.74, 6) is -0.182. The van der Waals surface area contributed by atoms with E-state index in [0.29, 0.717) is 18.0 Å². The number of carbonyl (C=O) groups is 1. The summed E-state index contributed by atoms with van der Waals surface area (Å²) < 4.78 is 27.8. The summed E-state index contributed by atoms with van der Waals surface area (Å²) in [6.07, 6.45) is 0.124. The fraction of sp³-hybridized carbons (Fsp3) is 0.583. The molecule has 0 aliphatic carbocycles. The molecule has 0 spiro atoms. The molecule has 0 aliphatic heterocycles. The Hall–Kier alpha value is -0.630. The maximum atomic E-state index is 11.8. The van der Waals surface area contributed by atoms with Gasteiger partial charge in [0.2, 0.25) is 5.91 Å². The predicted octanol–water partition coefficient (Wildman–Crippen LogP) is 2.15. The SMILES string of the molecule is CCOC(C)(C)CNC(=O)Cc1ccc(S(=O)(=O)Cl)s1. The Kier molecular flexibility index (Phi) is 6.00. The van der Waals surface area contributed by atoms with E-state index in [1.54, 1.807) is 6.07 Å². The van der Waals surface area contributed by atoms with Crippen LogP contribution >= 0.6 is 22.0 Å². The Labute approximate surface area is 127 Å². The van der Waals surface area contributed by atoms with Crippen LogP contribution in [0.4, 0.5) is 0 Å². The number of thiophene rings is 1.